The third-order valence-electron chi connectivity index (χ3n) is 7.07. The van der Waals surface area contributed by atoms with Gasteiger partial charge in [0.25, 0.3) is 0 Å². The van der Waals surface area contributed by atoms with Gasteiger partial charge in [-0.3, -0.25) is 9.59 Å². The molecular weight excluding hydrogens is 598 g/mol. The van der Waals surface area contributed by atoms with E-state index in [1.165, 1.54) is 36.4 Å². The van der Waals surface area contributed by atoms with Crippen molar-refractivity contribution in [3.63, 3.8) is 0 Å². The van der Waals surface area contributed by atoms with Crippen molar-refractivity contribution in [2.24, 2.45) is 0 Å². The fourth-order valence-corrected chi connectivity index (χ4v) is 4.70. The summed E-state index contributed by atoms with van der Waals surface area (Å²) in [7, 11) is 0. The van der Waals surface area contributed by atoms with Crippen molar-refractivity contribution in [2.45, 2.75) is 57.8 Å². The maximum absolute atomic E-state index is 14.5. The number of unbranched alkanes of at least 4 members (excludes halogenated alkanes) is 6. The Labute approximate surface area is 256 Å². The second-order valence-electron chi connectivity index (χ2n) is 10.5. The maximum Gasteiger partial charge on any atom is 0.311 e. The summed E-state index contributed by atoms with van der Waals surface area (Å²) in [6.07, 6.45) is 5.70. The van der Waals surface area contributed by atoms with Crippen LogP contribution in [0, 0.1) is 34.9 Å². The van der Waals surface area contributed by atoms with Gasteiger partial charge in [0.15, 0.2) is 23.3 Å². The lowest BCUT2D eigenvalue weighted by atomic mass is 10.0. The van der Waals surface area contributed by atoms with Crippen LogP contribution in [0.4, 0.5) is 26.3 Å². The first kappa shape index (κ1) is 33.3. The molecule has 10 heteroatoms. The van der Waals surface area contributed by atoms with E-state index < -0.39 is 46.8 Å². The molecule has 0 unspecified atom stereocenters. The van der Waals surface area contributed by atoms with E-state index in [1.807, 2.05) is 0 Å². The highest BCUT2D eigenvalue weighted by atomic mass is 19.2. The Bertz CT molecular complexity index is 1530. The second kappa shape index (κ2) is 15.9. The number of hydrogen-bond donors (Lipinski definition) is 0. The van der Waals surface area contributed by atoms with Crippen molar-refractivity contribution in [1.29, 1.82) is 0 Å². The first-order valence-corrected chi connectivity index (χ1v) is 14.5. The zero-order valence-electron chi connectivity index (χ0n) is 24.2. The van der Waals surface area contributed by atoms with Gasteiger partial charge < -0.3 is 9.47 Å². The molecule has 0 saturated heterocycles. The van der Waals surface area contributed by atoms with Crippen LogP contribution >= 0.6 is 0 Å². The number of halogens is 6. The molecule has 0 amide bonds. The Kier molecular flexibility index (Phi) is 11.8. The van der Waals surface area contributed by atoms with E-state index >= 15 is 0 Å². The lowest BCUT2D eigenvalue weighted by Gasteiger charge is -2.08. The van der Waals surface area contributed by atoms with Crippen LogP contribution in [0.3, 0.4) is 0 Å². The molecule has 45 heavy (non-hydrogen) atoms. The average molecular weight is 629 g/mol. The molecule has 0 saturated carbocycles. The number of carbonyl (C=O) groups is 2. The normalized spacial score (nSPS) is 11.0. The molecule has 4 aromatic carbocycles. The fourth-order valence-electron chi connectivity index (χ4n) is 4.70. The van der Waals surface area contributed by atoms with Crippen molar-refractivity contribution in [3.8, 4) is 33.8 Å². The van der Waals surface area contributed by atoms with Gasteiger partial charge in [-0.25, -0.2) is 26.3 Å². The minimum Gasteiger partial charge on any atom is -0.426 e. The average Bonchev–Trinajstić information content (AvgIpc) is 2.99. The van der Waals surface area contributed by atoms with Gasteiger partial charge in [0.2, 0.25) is 0 Å². The van der Waals surface area contributed by atoms with Crippen LogP contribution in [-0.2, 0) is 9.59 Å². The summed E-state index contributed by atoms with van der Waals surface area (Å²) in [5.41, 5.74) is 0.421. The predicted molar refractivity (Wildman–Crippen MR) is 156 cm³/mol. The Morgan fingerprint density at radius 2 is 0.800 bits per heavy atom. The maximum atomic E-state index is 14.5. The van der Waals surface area contributed by atoms with Gasteiger partial charge in [0.05, 0.1) is 0 Å². The van der Waals surface area contributed by atoms with Gasteiger partial charge in [-0.1, -0.05) is 44.2 Å². The van der Waals surface area contributed by atoms with Crippen molar-refractivity contribution >= 4 is 11.9 Å². The van der Waals surface area contributed by atoms with Gasteiger partial charge in [0.1, 0.15) is 23.1 Å². The van der Waals surface area contributed by atoms with E-state index in [4.69, 9.17) is 9.47 Å². The highest BCUT2D eigenvalue weighted by Gasteiger charge is 2.14. The van der Waals surface area contributed by atoms with Gasteiger partial charge in [-0.15, -0.1) is 0 Å². The lowest BCUT2D eigenvalue weighted by molar-refractivity contribution is -0.135. The Hall–Kier alpha value is -4.60. The van der Waals surface area contributed by atoms with Gasteiger partial charge in [-0.2, -0.15) is 0 Å². The molecule has 0 fully saturated rings. The molecule has 4 aromatic rings. The summed E-state index contributed by atoms with van der Waals surface area (Å²) in [4.78, 5) is 24.3. The highest BCUT2D eigenvalue weighted by Crippen LogP contribution is 2.29. The molecule has 4 nitrogen and oxygen atoms in total. The van der Waals surface area contributed by atoms with Crippen LogP contribution in [-0.4, -0.2) is 11.9 Å². The Morgan fingerprint density at radius 3 is 1.16 bits per heavy atom. The molecular formula is C35H30F6O4. The summed E-state index contributed by atoms with van der Waals surface area (Å²) in [5.74, 6) is -6.69. The molecule has 0 bridgehead atoms. The number of benzene rings is 4. The Balaban J connectivity index is 1.07. The third kappa shape index (κ3) is 9.69. The summed E-state index contributed by atoms with van der Waals surface area (Å²) in [5, 5.41) is 0. The first-order chi connectivity index (χ1) is 21.6. The summed E-state index contributed by atoms with van der Waals surface area (Å²) in [6, 6.07) is 13.6. The fraction of sp³-hybridized carbons (Fsp3) is 0.257. The number of carbonyl (C=O) groups excluding carboxylic acids is 2. The van der Waals surface area contributed by atoms with E-state index in [0.29, 0.717) is 12.8 Å². The van der Waals surface area contributed by atoms with Gasteiger partial charge in [-0.05, 0) is 72.5 Å². The summed E-state index contributed by atoms with van der Waals surface area (Å²) >= 11 is 0. The topological polar surface area (TPSA) is 52.6 Å². The van der Waals surface area contributed by atoms with Crippen molar-refractivity contribution in [3.05, 3.63) is 108 Å². The standard InChI is InChI=1S/C35H30F6O4/c36-28-16-10-22(18-32(28)40)26-14-12-24(20-30(26)38)44-34(42)8-6-4-2-1-3-5-7-9-35(43)45-25-13-15-27(31(39)21-25)23-11-17-29(37)33(41)19-23/h10-21H,1-9H2. The van der Waals surface area contributed by atoms with E-state index in [2.05, 4.69) is 0 Å². The van der Waals surface area contributed by atoms with Crippen LogP contribution in [0.25, 0.3) is 22.3 Å². The Morgan fingerprint density at radius 1 is 0.422 bits per heavy atom. The van der Waals surface area contributed by atoms with Crippen LogP contribution in [0.15, 0.2) is 72.8 Å². The second-order valence-corrected chi connectivity index (χ2v) is 10.5. The lowest BCUT2D eigenvalue weighted by Crippen LogP contribution is -2.08. The molecule has 0 atom stereocenters. The summed E-state index contributed by atoms with van der Waals surface area (Å²) < 4.78 is 92.5. The summed E-state index contributed by atoms with van der Waals surface area (Å²) in [6.45, 7) is 0. The number of rotatable bonds is 14. The zero-order chi connectivity index (χ0) is 32.3. The van der Waals surface area contributed by atoms with E-state index in [1.54, 1.807) is 0 Å². The molecule has 0 heterocycles. The van der Waals surface area contributed by atoms with Crippen molar-refractivity contribution < 1.29 is 45.4 Å². The van der Waals surface area contributed by atoms with Crippen molar-refractivity contribution in [1.82, 2.24) is 0 Å². The molecule has 236 valence electrons. The minimum atomic E-state index is -1.09. The van der Waals surface area contributed by atoms with Crippen LogP contribution in [0.2, 0.25) is 0 Å². The zero-order valence-corrected chi connectivity index (χ0v) is 24.2. The molecule has 0 aliphatic heterocycles. The highest BCUT2D eigenvalue weighted by molar-refractivity contribution is 5.74. The van der Waals surface area contributed by atoms with E-state index in [9.17, 15) is 35.9 Å². The number of esters is 2. The first-order valence-electron chi connectivity index (χ1n) is 14.5. The molecule has 0 spiro atoms. The molecule has 0 N–H and O–H groups in total. The van der Waals surface area contributed by atoms with E-state index in [0.717, 1.165) is 68.5 Å². The largest absolute Gasteiger partial charge is 0.426 e. The van der Waals surface area contributed by atoms with Gasteiger partial charge in [0, 0.05) is 36.1 Å². The third-order valence-corrected chi connectivity index (χ3v) is 7.07. The van der Waals surface area contributed by atoms with E-state index in [-0.39, 0.29) is 46.6 Å². The van der Waals surface area contributed by atoms with Crippen LogP contribution < -0.4 is 9.47 Å². The molecule has 0 radical (unpaired) electrons. The van der Waals surface area contributed by atoms with Gasteiger partial charge >= 0.3 is 11.9 Å². The van der Waals surface area contributed by atoms with Crippen LogP contribution in [0.5, 0.6) is 11.5 Å². The number of hydrogen-bond acceptors (Lipinski definition) is 4. The molecule has 4 rings (SSSR count). The molecule has 0 aliphatic carbocycles. The molecule has 0 aliphatic rings. The number of ether oxygens (including phenoxy) is 2. The SMILES string of the molecule is O=C(CCCCCCCCCC(=O)Oc1ccc(-c2ccc(F)c(F)c2)c(F)c1)Oc1ccc(-c2ccc(F)c(F)c2)c(F)c1. The predicted octanol–water partition coefficient (Wildman–Crippen LogP) is 9.88. The molecule has 0 aromatic heterocycles. The quantitative estimate of drug-likeness (QED) is 0.0604. The minimum absolute atomic E-state index is 0.0196. The smallest absolute Gasteiger partial charge is 0.311 e. The van der Waals surface area contributed by atoms with Crippen LogP contribution in [0.1, 0.15) is 57.8 Å². The monoisotopic (exact) mass is 628 g/mol. The van der Waals surface area contributed by atoms with Crippen molar-refractivity contribution in [2.75, 3.05) is 0 Å².